The van der Waals surface area contributed by atoms with Crippen molar-refractivity contribution in [3.8, 4) is 5.19 Å². The molecule has 0 bridgehead atoms. The van der Waals surface area contributed by atoms with E-state index < -0.39 is 12.8 Å². The highest BCUT2D eigenvalue weighted by Crippen LogP contribution is 2.48. The zero-order valence-corrected chi connectivity index (χ0v) is 17.4. The van der Waals surface area contributed by atoms with Crippen LogP contribution in [0.1, 0.15) is 42.4 Å². The second-order valence-corrected chi connectivity index (χ2v) is 8.77. The number of hydrogen-bond donors (Lipinski definition) is 2. The maximum absolute atomic E-state index is 12.4. The zero-order chi connectivity index (χ0) is 21.5. The van der Waals surface area contributed by atoms with Gasteiger partial charge in [-0.1, -0.05) is 22.9 Å². The first kappa shape index (κ1) is 20.9. The van der Waals surface area contributed by atoms with Crippen molar-refractivity contribution in [1.29, 1.82) is 0 Å². The number of aromatic amines is 1. The first-order valence-corrected chi connectivity index (χ1v) is 10.5. The number of aromatic nitrogens is 3. The van der Waals surface area contributed by atoms with Crippen molar-refractivity contribution in [2.24, 2.45) is 5.92 Å². The molecule has 11 heteroatoms. The Kier molecular flexibility index (Phi) is 5.63. The van der Waals surface area contributed by atoms with Crippen molar-refractivity contribution >= 4 is 39.9 Å². The number of hydrogen-bond acceptors (Lipinski definition) is 5. The van der Waals surface area contributed by atoms with Gasteiger partial charge in [-0.3, -0.25) is 4.79 Å². The summed E-state index contributed by atoms with van der Waals surface area (Å²) in [5.74, 6) is 1.12. The van der Waals surface area contributed by atoms with Gasteiger partial charge in [0.2, 0.25) is 5.91 Å². The second-order valence-electron chi connectivity index (χ2n) is 7.31. The number of H-pyrrole nitrogens is 1. The number of fused-ring (bicyclic) bond motifs is 1. The van der Waals surface area contributed by atoms with Gasteiger partial charge >= 0.3 is 6.18 Å². The van der Waals surface area contributed by atoms with Gasteiger partial charge in [-0.15, -0.1) is 0 Å². The Morgan fingerprint density at radius 3 is 3.03 bits per heavy atom. The highest BCUT2D eigenvalue weighted by Gasteiger charge is 2.42. The smallest absolute Gasteiger partial charge is 0.422 e. The molecule has 3 atom stereocenters. The van der Waals surface area contributed by atoms with E-state index in [2.05, 4.69) is 25.0 Å². The lowest BCUT2D eigenvalue weighted by molar-refractivity contribution is -0.153. The van der Waals surface area contributed by atoms with Gasteiger partial charge in [-0.25, -0.2) is 9.97 Å². The fourth-order valence-corrected chi connectivity index (χ4v) is 4.21. The van der Waals surface area contributed by atoms with E-state index in [-0.39, 0.29) is 29.0 Å². The molecular weight excluding hydrogens is 441 g/mol. The Morgan fingerprint density at radius 1 is 1.47 bits per heavy atom. The molecule has 1 saturated carbocycles. The summed E-state index contributed by atoms with van der Waals surface area (Å²) >= 11 is 6.98. The van der Waals surface area contributed by atoms with Crippen LogP contribution in [0.3, 0.4) is 0 Å². The SMILES string of the molecule is C[C@@H](NC(=O)C[C@H]1C[C@H]1c1nc2ccc(Cl)cc2[nH]1)c1cnc(OCC(F)(F)F)s1. The molecule has 3 aromatic rings. The Balaban J connectivity index is 1.28. The molecule has 0 aliphatic heterocycles. The third-order valence-corrected chi connectivity index (χ3v) is 6.18. The lowest BCUT2D eigenvalue weighted by atomic mass is 10.2. The van der Waals surface area contributed by atoms with Gasteiger partial charge in [0.05, 0.1) is 22.0 Å². The molecule has 0 unspecified atom stereocenters. The molecule has 2 aromatic heterocycles. The molecular formula is C19H18ClF3N4O2S. The Labute approximate surface area is 178 Å². The summed E-state index contributed by atoms with van der Waals surface area (Å²) in [6.07, 6.45) is -1.78. The van der Waals surface area contributed by atoms with Crippen LogP contribution in [0, 0.1) is 5.92 Å². The molecule has 2 heterocycles. The monoisotopic (exact) mass is 458 g/mol. The summed E-state index contributed by atoms with van der Waals surface area (Å²) < 4.78 is 41.3. The normalized spacial score (nSPS) is 19.6. The predicted molar refractivity (Wildman–Crippen MR) is 107 cm³/mol. The van der Waals surface area contributed by atoms with E-state index in [1.807, 2.05) is 12.1 Å². The number of carbonyl (C=O) groups excluding carboxylic acids is 1. The van der Waals surface area contributed by atoms with Crippen LogP contribution in [-0.2, 0) is 4.79 Å². The molecule has 160 valence electrons. The molecule has 1 aromatic carbocycles. The molecule has 1 aliphatic carbocycles. The van der Waals surface area contributed by atoms with Crippen molar-refractivity contribution in [2.45, 2.75) is 37.9 Å². The van der Waals surface area contributed by atoms with Gasteiger partial charge < -0.3 is 15.0 Å². The number of imidazole rings is 1. The average molecular weight is 459 g/mol. The first-order chi connectivity index (χ1) is 14.2. The maximum Gasteiger partial charge on any atom is 0.422 e. The summed E-state index contributed by atoms with van der Waals surface area (Å²) in [7, 11) is 0. The molecule has 2 N–H and O–H groups in total. The standard InChI is InChI=1S/C19H18ClF3N4O2S/c1-9(15-7-24-18(30-15)29-8-19(21,22)23)25-16(28)5-10-4-12(10)17-26-13-3-2-11(20)6-14(13)27-17/h2-3,6-7,9-10,12H,4-5,8H2,1H3,(H,25,28)(H,26,27)/t9-,10-,12-/m1/s1. The number of amides is 1. The van der Waals surface area contributed by atoms with Crippen LogP contribution in [0.5, 0.6) is 5.19 Å². The van der Waals surface area contributed by atoms with E-state index in [9.17, 15) is 18.0 Å². The van der Waals surface area contributed by atoms with Gasteiger partial charge in [0.15, 0.2) is 6.61 Å². The van der Waals surface area contributed by atoms with Gasteiger partial charge in [0.25, 0.3) is 5.19 Å². The second kappa shape index (κ2) is 8.07. The van der Waals surface area contributed by atoms with E-state index in [4.69, 9.17) is 11.6 Å². The lowest BCUT2D eigenvalue weighted by Crippen LogP contribution is -2.26. The highest BCUT2D eigenvalue weighted by atomic mass is 35.5. The topological polar surface area (TPSA) is 79.9 Å². The number of nitrogens with one attached hydrogen (secondary N) is 2. The Hall–Kier alpha value is -2.33. The number of benzene rings is 1. The fourth-order valence-electron chi connectivity index (χ4n) is 3.28. The molecule has 1 aliphatic rings. The van der Waals surface area contributed by atoms with Crippen molar-refractivity contribution < 1.29 is 22.7 Å². The van der Waals surface area contributed by atoms with Gasteiger partial charge in [-0.2, -0.15) is 13.2 Å². The van der Waals surface area contributed by atoms with Crippen LogP contribution in [0.25, 0.3) is 11.0 Å². The Morgan fingerprint density at radius 2 is 2.27 bits per heavy atom. The minimum atomic E-state index is -4.42. The van der Waals surface area contributed by atoms with E-state index in [1.165, 1.54) is 6.20 Å². The minimum Gasteiger partial charge on any atom is -0.460 e. The summed E-state index contributed by atoms with van der Waals surface area (Å²) in [4.78, 5) is 24.7. The molecule has 0 saturated heterocycles. The third-order valence-electron chi connectivity index (χ3n) is 4.85. The number of rotatable bonds is 7. The van der Waals surface area contributed by atoms with Gasteiger partial charge in [0, 0.05) is 23.6 Å². The van der Waals surface area contributed by atoms with Crippen LogP contribution in [0.2, 0.25) is 5.02 Å². The zero-order valence-electron chi connectivity index (χ0n) is 15.8. The van der Waals surface area contributed by atoms with Crippen molar-refractivity contribution in [3.63, 3.8) is 0 Å². The van der Waals surface area contributed by atoms with Gasteiger partial charge in [0.1, 0.15) is 5.82 Å². The predicted octanol–water partition coefficient (Wildman–Crippen LogP) is 4.98. The minimum absolute atomic E-state index is 0.0735. The maximum atomic E-state index is 12.4. The number of halogens is 4. The van der Waals surface area contributed by atoms with E-state index in [1.54, 1.807) is 13.0 Å². The number of ether oxygens (including phenoxy) is 1. The summed E-state index contributed by atoms with van der Waals surface area (Å²) in [6.45, 7) is 0.365. The first-order valence-electron chi connectivity index (χ1n) is 9.28. The molecule has 4 rings (SSSR count). The summed E-state index contributed by atoms with van der Waals surface area (Å²) in [5, 5.41) is 3.42. The van der Waals surface area contributed by atoms with Gasteiger partial charge in [-0.05, 0) is 37.5 Å². The van der Waals surface area contributed by atoms with Crippen LogP contribution < -0.4 is 10.1 Å². The largest absolute Gasteiger partial charge is 0.460 e. The number of alkyl halides is 3. The quantitative estimate of drug-likeness (QED) is 0.523. The fraction of sp³-hybridized carbons (Fsp3) is 0.421. The van der Waals surface area contributed by atoms with Crippen molar-refractivity contribution in [1.82, 2.24) is 20.3 Å². The molecule has 0 radical (unpaired) electrons. The molecule has 6 nitrogen and oxygen atoms in total. The molecule has 0 spiro atoms. The van der Waals surface area contributed by atoms with E-state index >= 15 is 0 Å². The third kappa shape index (κ3) is 5.04. The molecule has 1 fully saturated rings. The number of carbonyl (C=O) groups is 1. The molecule has 30 heavy (non-hydrogen) atoms. The van der Waals surface area contributed by atoms with E-state index in [0.29, 0.717) is 16.3 Å². The average Bonchev–Trinajstić information content (AvgIpc) is 3.08. The van der Waals surface area contributed by atoms with Crippen molar-refractivity contribution in [3.05, 3.63) is 40.1 Å². The van der Waals surface area contributed by atoms with E-state index in [0.717, 1.165) is 34.6 Å². The van der Waals surface area contributed by atoms with Crippen LogP contribution in [0.4, 0.5) is 13.2 Å². The highest BCUT2D eigenvalue weighted by molar-refractivity contribution is 7.13. The number of nitrogens with zero attached hydrogens (tertiary/aromatic N) is 2. The van der Waals surface area contributed by atoms with Crippen LogP contribution in [-0.4, -0.2) is 33.6 Å². The number of thiazole rings is 1. The Bertz CT molecular complexity index is 1070. The molecule has 1 amide bonds. The van der Waals surface area contributed by atoms with Crippen molar-refractivity contribution in [2.75, 3.05) is 6.61 Å². The summed E-state index contributed by atoms with van der Waals surface area (Å²) in [5.41, 5.74) is 1.71. The van der Waals surface area contributed by atoms with Crippen LogP contribution >= 0.6 is 22.9 Å². The lowest BCUT2D eigenvalue weighted by Gasteiger charge is -2.11. The van der Waals surface area contributed by atoms with Crippen LogP contribution in [0.15, 0.2) is 24.4 Å². The summed E-state index contributed by atoms with van der Waals surface area (Å²) in [6, 6.07) is 5.09.